The molecule has 0 saturated carbocycles. The van der Waals surface area contributed by atoms with Gasteiger partial charge in [-0.05, 0) is 31.2 Å². The first kappa shape index (κ1) is 14.4. The van der Waals surface area contributed by atoms with E-state index in [4.69, 9.17) is 9.05 Å². The van der Waals surface area contributed by atoms with Crippen molar-refractivity contribution >= 4 is 19.4 Å². The van der Waals surface area contributed by atoms with Crippen LogP contribution >= 0.6 is 8.38 Å². The third-order valence-corrected chi connectivity index (χ3v) is 4.04. The number of nitro benzene ring substituents is 1. The Morgan fingerprint density at radius 3 is 2.30 bits per heavy atom. The van der Waals surface area contributed by atoms with Crippen LogP contribution in [0.15, 0.2) is 54.6 Å². The second kappa shape index (κ2) is 6.98. The van der Waals surface area contributed by atoms with Gasteiger partial charge in [-0.2, -0.15) is 0 Å². The number of non-ortho nitro benzene ring substituents is 1. The minimum atomic E-state index is -1.29. The number of hydrogen-bond acceptors (Lipinski definition) is 4. The third-order valence-electron chi connectivity index (χ3n) is 2.45. The molecule has 2 aromatic carbocycles. The molecule has 0 aliphatic carbocycles. The van der Waals surface area contributed by atoms with Crippen molar-refractivity contribution in [2.45, 2.75) is 6.92 Å². The lowest BCUT2D eigenvalue weighted by atomic mass is 10.3. The Labute approximate surface area is 118 Å². The Morgan fingerprint density at radius 2 is 1.75 bits per heavy atom. The van der Waals surface area contributed by atoms with Gasteiger partial charge >= 0.3 is 0 Å². The second-order valence-corrected chi connectivity index (χ2v) is 5.32. The molecule has 0 amide bonds. The minimum Gasteiger partial charge on any atom is -0.444 e. The van der Waals surface area contributed by atoms with Crippen molar-refractivity contribution in [1.29, 1.82) is 0 Å². The topological polar surface area (TPSA) is 61.6 Å². The van der Waals surface area contributed by atoms with Gasteiger partial charge in [-0.1, -0.05) is 18.2 Å². The van der Waals surface area contributed by atoms with Gasteiger partial charge in [-0.15, -0.1) is 0 Å². The fraction of sp³-hybridized carbons (Fsp3) is 0.143. The van der Waals surface area contributed by atoms with Crippen molar-refractivity contribution in [2.75, 3.05) is 6.61 Å². The van der Waals surface area contributed by atoms with Crippen LogP contribution < -0.4 is 9.83 Å². The molecule has 0 aromatic heterocycles. The second-order valence-electron chi connectivity index (χ2n) is 3.85. The van der Waals surface area contributed by atoms with Crippen LogP contribution in [0.4, 0.5) is 5.69 Å². The fourth-order valence-corrected chi connectivity index (χ4v) is 2.79. The third kappa shape index (κ3) is 3.76. The van der Waals surface area contributed by atoms with Gasteiger partial charge in [-0.25, -0.2) is 0 Å². The molecular formula is C14H14NO4P. The lowest BCUT2D eigenvalue weighted by molar-refractivity contribution is -0.384. The first-order valence-corrected chi connectivity index (χ1v) is 7.29. The molecule has 2 aromatic rings. The maximum absolute atomic E-state index is 10.6. The molecule has 0 N–H and O–H groups in total. The van der Waals surface area contributed by atoms with E-state index in [1.807, 2.05) is 37.3 Å². The highest BCUT2D eigenvalue weighted by Gasteiger charge is 2.16. The van der Waals surface area contributed by atoms with Crippen LogP contribution in [0, 0.1) is 10.1 Å². The SMILES string of the molecule is CCOP(Oc1ccccc1)c1ccc([N+](=O)[O-])cc1. The van der Waals surface area contributed by atoms with Gasteiger partial charge in [0, 0.05) is 17.4 Å². The van der Waals surface area contributed by atoms with Crippen LogP contribution in [-0.2, 0) is 4.52 Å². The summed E-state index contributed by atoms with van der Waals surface area (Å²) in [6, 6.07) is 15.6. The van der Waals surface area contributed by atoms with Crippen molar-refractivity contribution in [3.8, 4) is 5.75 Å². The van der Waals surface area contributed by atoms with E-state index in [2.05, 4.69) is 0 Å². The largest absolute Gasteiger partial charge is 0.444 e. The molecule has 1 unspecified atom stereocenters. The predicted molar refractivity (Wildman–Crippen MR) is 78.3 cm³/mol. The first-order valence-electron chi connectivity index (χ1n) is 6.11. The molecule has 0 spiro atoms. The zero-order valence-electron chi connectivity index (χ0n) is 10.9. The summed E-state index contributed by atoms with van der Waals surface area (Å²) >= 11 is 0. The summed E-state index contributed by atoms with van der Waals surface area (Å²) in [5.74, 6) is 0.713. The average Bonchev–Trinajstić information content (AvgIpc) is 2.48. The molecule has 1 atom stereocenters. The molecule has 0 fully saturated rings. The first-order chi connectivity index (χ1) is 9.70. The maximum Gasteiger partial charge on any atom is 0.269 e. The van der Waals surface area contributed by atoms with Crippen molar-refractivity contribution in [1.82, 2.24) is 0 Å². The Hall–Kier alpha value is -1.97. The van der Waals surface area contributed by atoms with Crippen LogP contribution in [-0.4, -0.2) is 11.5 Å². The van der Waals surface area contributed by atoms with E-state index in [9.17, 15) is 10.1 Å². The van der Waals surface area contributed by atoms with Crippen molar-refractivity contribution in [3.63, 3.8) is 0 Å². The monoisotopic (exact) mass is 291 g/mol. The van der Waals surface area contributed by atoms with Crippen LogP contribution in [0.3, 0.4) is 0 Å². The highest BCUT2D eigenvalue weighted by molar-refractivity contribution is 7.56. The summed E-state index contributed by atoms with van der Waals surface area (Å²) < 4.78 is 11.4. The Bertz CT molecular complexity index is 559. The lowest BCUT2D eigenvalue weighted by Crippen LogP contribution is -2.08. The normalized spacial score (nSPS) is 11.8. The predicted octanol–water partition coefficient (Wildman–Crippen LogP) is 3.65. The van der Waals surface area contributed by atoms with Gasteiger partial charge < -0.3 is 9.05 Å². The summed E-state index contributed by atoms with van der Waals surface area (Å²) in [5, 5.41) is 11.4. The summed E-state index contributed by atoms with van der Waals surface area (Å²) in [6.07, 6.45) is 0. The number of nitrogens with zero attached hydrogens (tertiary/aromatic N) is 1. The molecule has 0 saturated heterocycles. The zero-order valence-corrected chi connectivity index (χ0v) is 11.8. The standard InChI is InChI=1S/C14H14NO4P/c1-2-18-20(19-13-6-4-3-5-7-13)14-10-8-12(9-11-14)15(16)17/h3-11H,2H2,1H3. The molecule has 0 radical (unpaired) electrons. The molecule has 20 heavy (non-hydrogen) atoms. The van der Waals surface area contributed by atoms with Gasteiger partial charge in [0.05, 0.1) is 11.5 Å². The van der Waals surface area contributed by atoms with Gasteiger partial charge in [0.25, 0.3) is 14.1 Å². The van der Waals surface area contributed by atoms with E-state index < -0.39 is 13.3 Å². The number of rotatable bonds is 6. The zero-order chi connectivity index (χ0) is 14.4. The highest BCUT2D eigenvalue weighted by Crippen LogP contribution is 2.38. The summed E-state index contributed by atoms with van der Waals surface area (Å²) in [6.45, 7) is 2.39. The van der Waals surface area contributed by atoms with E-state index in [1.54, 1.807) is 12.1 Å². The quantitative estimate of drug-likeness (QED) is 0.463. The fourth-order valence-electron chi connectivity index (χ4n) is 1.54. The van der Waals surface area contributed by atoms with Gasteiger partial charge in [0.15, 0.2) is 0 Å². The number of benzene rings is 2. The van der Waals surface area contributed by atoms with Crippen LogP contribution in [0.5, 0.6) is 5.75 Å². The van der Waals surface area contributed by atoms with E-state index in [0.29, 0.717) is 12.4 Å². The molecule has 6 heteroatoms. The van der Waals surface area contributed by atoms with E-state index >= 15 is 0 Å². The van der Waals surface area contributed by atoms with Crippen LogP contribution in [0.2, 0.25) is 0 Å². The van der Waals surface area contributed by atoms with E-state index in [0.717, 1.165) is 5.30 Å². The summed E-state index contributed by atoms with van der Waals surface area (Å²) in [5.41, 5.74) is 0.0555. The smallest absolute Gasteiger partial charge is 0.269 e. The minimum absolute atomic E-state index is 0.0555. The van der Waals surface area contributed by atoms with Gasteiger partial charge in [-0.3, -0.25) is 10.1 Å². The van der Waals surface area contributed by atoms with E-state index in [1.165, 1.54) is 12.1 Å². The van der Waals surface area contributed by atoms with Crippen molar-refractivity contribution in [2.24, 2.45) is 0 Å². The molecule has 2 rings (SSSR count). The van der Waals surface area contributed by atoms with Gasteiger partial charge in [0.2, 0.25) is 0 Å². The summed E-state index contributed by atoms with van der Waals surface area (Å²) in [4.78, 5) is 10.2. The van der Waals surface area contributed by atoms with E-state index in [-0.39, 0.29) is 5.69 Å². The average molecular weight is 291 g/mol. The van der Waals surface area contributed by atoms with Gasteiger partial charge in [0.1, 0.15) is 5.75 Å². The molecule has 0 aliphatic rings. The maximum atomic E-state index is 10.6. The van der Waals surface area contributed by atoms with Crippen LogP contribution in [0.1, 0.15) is 6.92 Å². The van der Waals surface area contributed by atoms with Crippen molar-refractivity contribution < 1.29 is 14.0 Å². The number of nitro groups is 1. The number of hydrogen-bond donors (Lipinski definition) is 0. The number of para-hydroxylation sites is 1. The molecule has 0 heterocycles. The lowest BCUT2D eigenvalue weighted by Gasteiger charge is -2.17. The highest BCUT2D eigenvalue weighted by atomic mass is 31.2. The molecule has 0 bridgehead atoms. The molecule has 104 valence electrons. The molecule has 5 nitrogen and oxygen atoms in total. The molecule has 0 aliphatic heterocycles. The Kier molecular flexibility index (Phi) is 5.04. The Balaban J connectivity index is 2.17. The summed E-state index contributed by atoms with van der Waals surface area (Å²) in [7, 11) is -1.29. The van der Waals surface area contributed by atoms with Crippen LogP contribution in [0.25, 0.3) is 0 Å². The Morgan fingerprint density at radius 1 is 1.10 bits per heavy atom. The molecular weight excluding hydrogens is 277 g/mol. The van der Waals surface area contributed by atoms with Crippen molar-refractivity contribution in [3.05, 3.63) is 64.7 Å².